The van der Waals surface area contributed by atoms with Gasteiger partial charge in [-0.05, 0) is 135 Å². The zero-order chi connectivity index (χ0) is 29.1. The summed E-state index contributed by atoms with van der Waals surface area (Å²) in [5, 5.41) is 0. The Morgan fingerprint density at radius 1 is 0.436 bits per heavy atom. The fourth-order valence-electron chi connectivity index (χ4n) is 4.66. The minimum Gasteiger partial charge on any atom is -0.170 e. The van der Waals surface area contributed by atoms with Crippen molar-refractivity contribution in [3.05, 3.63) is 140 Å². The first-order valence-electron chi connectivity index (χ1n) is 13.5. The third-order valence-corrected chi connectivity index (χ3v) is 8.29. The smallest absolute Gasteiger partial charge is 0.170 e. The highest BCUT2D eigenvalue weighted by Crippen LogP contribution is 2.46. The third kappa shape index (κ3) is 6.82. The van der Waals surface area contributed by atoms with Crippen LogP contribution in [0.5, 0.6) is 0 Å². The monoisotopic (exact) mass is 530 g/mol. The van der Waals surface area contributed by atoms with E-state index in [2.05, 4.69) is 64.1 Å². The van der Waals surface area contributed by atoms with Crippen molar-refractivity contribution in [2.45, 2.75) is 80.3 Å². The maximum atomic E-state index is 13.9. The van der Waals surface area contributed by atoms with Crippen LogP contribution in [0.25, 0.3) is 0 Å². The maximum Gasteiger partial charge on any atom is 0.402 e. The standard InChI is InChI=1S/C19H21F3.C17H20/c1-12-6-8-16(10-14(12)3)18(5,19(20,21)22)17-9-7-13(2)15(4)11-17;1-12-5-7-16(9-14(12)3)11-17-8-6-13(2)15(4)10-17/h6-11H,1-5H3;5-10H,11H2,1-4H3. The van der Waals surface area contributed by atoms with Gasteiger partial charge in [-0.25, -0.2) is 0 Å². The van der Waals surface area contributed by atoms with Gasteiger partial charge in [0.05, 0.1) is 0 Å². The number of benzene rings is 4. The van der Waals surface area contributed by atoms with E-state index in [-0.39, 0.29) is 11.1 Å². The van der Waals surface area contributed by atoms with Gasteiger partial charge >= 0.3 is 6.18 Å². The number of rotatable bonds is 4. The molecule has 4 aromatic rings. The van der Waals surface area contributed by atoms with E-state index in [0.29, 0.717) is 0 Å². The van der Waals surface area contributed by atoms with Crippen LogP contribution in [-0.4, -0.2) is 6.18 Å². The molecule has 0 heterocycles. The predicted octanol–water partition coefficient (Wildman–Crippen LogP) is 10.3. The van der Waals surface area contributed by atoms with Crippen LogP contribution in [0.2, 0.25) is 0 Å². The first kappa shape index (κ1) is 30.2. The lowest BCUT2D eigenvalue weighted by Gasteiger charge is -2.34. The van der Waals surface area contributed by atoms with Gasteiger partial charge in [0.15, 0.2) is 0 Å². The molecule has 0 saturated heterocycles. The van der Waals surface area contributed by atoms with Gasteiger partial charge in [0.1, 0.15) is 5.41 Å². The molecule has 3 heteroatoms. The lowest BCUT2D eigenvalue weighted by molar-refractivity contribution is -0.173. The van der Waals surface area contributed by atoms with E-state index in [1.165, 1.54) is 40.3 Å². The van der Waals surface area contributed by atoms with E-state index in [1.54, 1.807) is 36.4 Å². The molecule has 0 N–H and O–H groups in total. The van der Waals surface area contributed by atoms with Gasteiger partial charge in [-0.3, -0.25) is 0 Å². The molecule has 4 aromatic carbocycles. The first-order valence-corrected chi connectivity index (χ1v) is 13.5. The molecule has 0 spiro atoms. The normalized spacial score (nSPS) is 11.7. The minimum absolute atomic E-state index is 0.284. The van der Waals surface area contributed by atoms with Crippen LogP contribution >= 0.6 is 0 Å². The Morgan fingerprint density at radius 2 is 0.744 bits per heavy atom. The first-order chi connectivity index (χ1) is 18.1. The Balaban J connectivity index is 0.000000223. The van der Waals surface area contributed by atoms with Crippen molar-refractivity contribution in [2.24, 2.45) is 0 Å². The Bertz CT molecular complexity index is 1360. The van der Waals surface area contributed by atoms with E-state index in [1.807, 2.05) is 27.7 Å². The quantitative estimate of drug-likeness (QED) is 0.246. The average molecular weight is 531 g/mol. The van der Waals surface area contributed by atoms with Crippen molar-refractivity contribution in [3.8, 4) is 0 Å². The highest BCUT2D eigenvalue weighted by Gasteiger charge is 2.53. The third-order valence-electron chi connectivity index (χ3n) is 8.29. The van der Waals surface area contributed by atoms with Gasteiger partial charge in [0.2, 0.25) is 0 Å². The van der Waals surface area contributed by atoms with Crippen LogP contribution in [0.15, 0.2) is 72.8 Å². The minimum atomic E-state index is -4.36. The molecule has 0 aliphatic rings. The zero-order valence-corrected chi connectivity index (χ0v) is 24.8. The second-order valence-electron chi connectivity index (χ2n) is 11.2. The van der Waals surface area contributed by atoms with Gasteiger partial charge in [-0.15, -0.1) is 0 Å². The molecule has 0 fully saturated rings. The average Bonchev–Trinajstić information content (AvgIpc) is 2.86. The summed E-state index contributed by atoms with van der Waals surface area (Å²) < 4.78 is 41.8. The summed E-state index contributed by atoms with van der Waals surface area (Å²) in [6, 6.07) is 23.5. The van der Waals surface area contributed by atoms with Gasteiger partial charge < -0.3 is 0 Å². The highest BCUT2D eigenvalue weighted by atomic mass is 19.4. The Kier molecular flexibility index (Phi) is 9.16. The Morgan fingerprint density at radius 3 is 1.03 bits per heavy atom. The molecule has 0 saturated carbocycles. The summed E-state index contributed by atoms with van der Waals surface area (Å²) >= 11 is 0. The summed E-state index contributed by atoms with van der Waals surface area (Å²) in [4.78, 5) is 0. The topological polar surface area (TPSA) is 0 Å². The molecule has 0 amide bonds. The van der Waals surface area contributed by atoms with Crippen LogP contribution in [0, 0.1) is 55.4 Å². The largest absolute Gasteiger partial charge is 0.402 e. The fraction of sp³-hybridized carbons (Fsp3) is 0.333. The van der Waals surface area contributed by atoms with E-state index >= 15 is 0 Å². The number of hydrogen-bond donors (Lipinski definition) is 0. The number of alkyl halides is 3. The molecule has 0 nitrogen and oxygen atoms in total. The number of aryl methyl sites for hydroxylation is 8. The second-order valence-corrected chi connectivity index (χ2v) is 11.2. The summed E-state index contributed by atoms with van der Waals surface area (Å²) in [5.74, 6) is 0. The fourth-order valence-corrected chi connectivity index (χ4v) is 4.66. The molecule has 0 unspecified atom stereocenters. The molecular weight excluding hydrogens is 489 g/mol. The summed E-state index contributed by atoms with van der Waals surface area (Å²) in [6.07, 6.45) is -3.33. The van der Waals surface area contributed by atoms with Crippen molar-refractivity contribution in [3.63, 3.8) is 0 Å². The Labute approximate surface area is 232 Å². The maximum absolute atomic E-state index is 13.9. The molecule has 39 heavy (non-hydrogen) atoms. The molecule has 206 valence electrons. The molecule has 0 aromatic heterocycles. The highest BCUT2D eigenvalue weighted by molar-refractivity contribution is 5.46. The van der Waals surface area contributed by atoms with Crippen molar-refractivity contribution >= 4 is 0 Å². The molecule has 0 bridgehead atoms. The predicted molar refractivity (Wildman–Crippen MR) is 159 cm³/mol. The van der Waals surface area contributed by atoms with Crippen LogP contribution in [0.3, 0.4) is 0 Å². The zero-order valence-electron chi connectivity index (χ0n) is 24.8. The second kappa shape index (κ2) is 11.8. The van der Waals surface area contributed by atoms with Gasteiger partial charge in [0, 0.05) is 0 Å². The van der Waals surface area contributed by atoms with Gasteiger partial charge in [-0.2, -0.15) is 13.2 Å². The van der Waals surface area contributed by atoms with Gasteiger partial charge in [0.25, 0.3) is 0 Å². The summed E-state index contributed by atoms with van der Waals surface area (Å²) in [5.41, 5.74) is 10.6. The number of hydrogen-bond acceptors (Lipinski definition) is 0. The van der Waals surface area contributed by atoms with Crippen LogP contribution in [-0.2, 0) is 11.8 Å². The van der Waals surface area contributed by atoms with E-state index < -0.39 is 11.6 Å². The van der Waals surface area contributed by atoms with Gasteiger partial charge in [-0.1, -0.05) is 72.8 Å². The molecule has 0 atom stereocenters. The Hall–Kier alpha value is -3.33. The van der Waals surface area contributed by atoms with Crippen molar-refractivity contribution in [1.82, 2.24) is 0 Å². The van der Waals surface area contributed by atoms with Crippen molar-refractivity contribution in [2.75, 3.05) is 0 Å². The van der Waals surface area contributed by atoms with E-state index in [4.69, 9.17) is 0 Å². The molecule has 0 radical (unpaired) electrons. The van der Waals surface area contributed by atoms with E-state index in [0.717, 1.165) is 28.7 Å². The lowest BCUT2D eigenvalue weighted by atomic mass is 9.74. The SMILES string of the molecule is Cc1ccc(C(C)(c2ccc(C)c(C)c2)C(F)(F)F)cc1C.Cc1ccc(Cc2ccc(C)c(C)c2)cc1C. The molecular formula is C36H41F3. The van der Waals surface area contributed by atoms with Crippen LogP contribution < -0.4 is 0 Å². The molecule has 0 aliphatic carbocycles. The molecule has 0 aliphatic heterocycles. The number of halogens is 3. The van der Waals surface area contributed by atoms with Crippen LogP contribution in [0.4, 0.5) is 13.2 Å². The molecule has 4 rings (SSSR count). The lowest BCUT2D eigenvalue weighted by Crippen LogP contribution is -2.40. The van der Waals surface area contributed by atoms with Crippen molar-refractivity contribution in [1.29, 1.82) is 0 Å². The summed E-state index contributed by atoms with van der Waals surface area (Å²) in [6.45, 7) is 17.4. The van der Waals surface area contributed by atoms with Crippen LogP contribution in [0.1, 0.15) is 73.7 Å². The summed E-state index contributed by atoms with van der Waals surface area (Å²) in [7, 11) is 0. The van der Waals surface area contributed by atoms with Crippen molar-refractivity contribution < 1.29 is 13.2 Å². The van der Waals surface area contributed by atoms with E-state index in [9.17, 15) is 13.2 Å².